The molecule has 0 aromatic heterocycles. The van der Waals surface area contributed by atoms with E-state index in [1.165, 1.54) is 12.0 Å². The standard InChI is InChI=1S/C35H43Cl3N4O8/c1-20(2)28(42(33(47)48-6)29-23-14-9-7-12-21(23)22-13-8-10-15-24(22)29)30(44)39-26(18-27(43)50-34(3,4)5)31(45)41-17-11-16-25(40-41)32(46)49-19-35(36,37)38/h7-10,12-15,20,25-26,28-29,40H,11,16-19H2,1-6H3,(H,39,44)/t25-,26-,28-/m0/s1. The Morgan fingerprint density at radius 1 is 0.980 bits per heavy atom. The van der Waals surface area contributed by atoms with E-state index in [1.807, 2.05) is 48.5 Å². The summed E-state index contributed by atoms with van der Waals surface area (Å²) in [5.74, 6) is -3.35. The van der Waals surface area contributed by atoms with E-state index >= 15 is 0 Å². The highest BCUT2D eigenvalue weighted by Gasteiger charge is 2.45. The Bertz CT molecular complexity index is 1550. The number of rotatable bonds is 10. The van der Waals surface area contributed by atoms with Crippen molar-refractivity contribution in [3.05, 3.63) is 59.7 Å². The molecule has 1 fully saturated rings. The van der Waals surface area contributed by atoms with Crippen molar-refractivity contribution in [2.24, 2.45) is 5.92 Å². The van der Waals surface area contributed by atoms with Gasteiger partial charge in [0.2, 0.25) is 9.70 Å². The number of carbonyl (C=O) groups excluding carboxylic acids is 5. The molecule has 15 heteroatoms. The number of esters is 2. The van der Waals surface area contributed by atoms with Gasteiger partial charge >= 0.3 is 18.0 Å². The zero-order chi connectivity index (χ0) is 37.0. The molecule has 0 saturated carbocycles. The van der Waals surface area contributed by atoms with E-state index in [-0.39, 0.29) is 6.54 Å². The van der Waals surface area contributed by atoms with Crippen LogP contribution in [0.5, 0.6) is 0 Å². The van der Waals surface area contributed by atoms with Gasteiger partial charge in [-0.15, -0.1) is 0 Å². The highest BCUT2D eigenvalue weighted by atomic mass is 35.6. The van der Waals surface area contributed by atoms with Crippen molar-refractivity contribution >= 4 is 64.6 Å². The molecule has 272 valence electrons. The molecular formula is C35H43Cl3N4O8. The molecular weight excluding hydrogens is 711 g/mol. The second-order valence-electron chi connectivity index (χ2n) is 13.5. The smallest absolute Gasteiger partial charge is 0.410 e. The van der Waals surface area contributed by atoms with Crippen LogP contribution in [0.1, 0.15) is 71.0 Å². The van der Waals surface area contributed by atoms with Crippen LogP contribution in [0.15, 0.2) is 48.5 Å². The molecule has 2 aromatic rings. The van der Waals surface area contributed by atoms with Crippen LogP contribution in [0.4, 0.5) is 4.79 Å². The van der Waals surface area contributed by atoms with Crippen molar-refractivity contribution in [3.8, 4) is 11.1 Å². The molecule has 2 aliphatic rings. The van der Waals surface area contributed by atoms with Crippen LogP contribution in [0.3, 0.4) is 0 Å². The topological polar surface area (TPSA) is 144 Å². The molecule has 0 radical (unpaired) electrons. The number of carbonyl (C=O) groups is 5. The lowest BCUT2D eigenvalue weighted by atomic mass is 9.95. The fourth-order valence-electron chi connectivity index (χ4n) is 6.23. The number of alkyl halides is 3. The number of benzene rings is 2. The summed E-state index contributed by atoms with van der Waals surface area (Å²) in [6.07, 6.45) is -0.566. The molecule has 1 aliphatic heterocycles. The summed E-state index contributed by atoms with van der Waals surface area (Å²) in [6, 6.07) is 11.0. The van der Waals surface area contributed by atoms with Crippen LogP contribution in [0, 0.1) is 5.92 Å². The van der Waals surface area contributed by atoms with E-state index in [0.717, 1.165) is 27.3 Å². The van der Waals surface area contributed by atoms with Gasteiger partial charge in [-0.1, -0.05) is 97.2 Å². The molecule has 2 N–H and O–H groups in total. The maximum absolute atomic E-state index is 14.4. The van der Waals surface area contributed by atoms with Gasteiger partial charge in [-0.2, -0.15) is 0 Å². The SMILES string of the molecule is COC(=O)N(C1c2ccccc2-c2ccccc21)[C@H](C(=O)N[C@@H](CC(=O)OC(C)(C)C)C(=O)N1CCC[C@@H](C(=O)OCC(Cl)(Cl)Cl)N1)C(C)C. The number of fused-ring (bicyclic) bond motifs is 3. The second-order valence-corrected chi connectivity index (χ2v) is 16.0. The van der Waals surface area contributed by atoms with Crippen LogP contribution in [-0.4, -0.2) is 87.5 Å². The quantitative estimate of drug-likeness (QED) is 0.183. The Labute approximate surface area is 307 Å². The monoisotopic (exact) mass is 752 g/mol. The van der Waals surface area contributed by atoms with Crippen LogP contribution in [-0.2, 0) is 33.4 Å². The van der Waals surface area contributed by atoms with Crippen molar-refractivity contribution in [2.45, 2.75) is 87.4 Å². The fourth-order valence-corrected chi connectivity index (χ4v) is 6.39. The van der Waals surface area contributed by atoms with Gasteiger partial charge < -0.3 is 19.5 Å². The summed E-state index contributed by atoms with van der Waals surface area (Å²) < 4.78 is 14.0. The minimum Gasteiger partial charge on any atom is -0.460 e. The lowest BCUT2D eigenvalue weighted by Gasteiger charge is -2.39. The van der Waals surface area contributed by atoms with Crippen LogP contribution in [0.25, 0.3) is 11.1 Å². The lowest BCUT2D eigenvalue weighted by molar-refractivity contribution is -0.160. The van der Waals surface area contributed by atoms with Crippen molar-refractivity contribution < 1.29 is 38.2 Å². The first kappa shape index (κ1) is 39.2. The summed E-state index contributed by atoms with van der Waals surface area (Å²) in [4.78, 5) is 69.4. The summed E-state index contributed by atoms with van der Waals surface area (Å²) >= 11 is 17.2. The zero-order valence-electron chi connectivity index (χ0n) is 28.8. The normalized spacial score (nSPS) is 17.2. The third kappa shape index (κ3) is 9.60. The number of hydrazine groups is 1. The first-order valence-electron chi connectivity index (χ1n) is 16.3. The number of nitrogens with zero attached hydrogens (tertiary/aromatic N) is 2. The van der Waals surface area contributed by atoms with Crippen LogP contribution >= 0.6 is 34.8 Å². The molecule has 4 rings (SSSR count). The molecule has 0 bridgehead atoms. The van der Waals surface area contributed by atoms with Crippen LogP contribution in [0.2, 0.25) is 0 Å². The molecule has 12 nitrogen and oxygen atoms in total. The van der Waals surface area contributed by atoms with Crippen molar-refractivity contribution in [1.82, 2.24) is 20.7 Å². The molecule has 1 aliphatic carbocycles. The van der Waals surface area contributed by atoms with E-state index in [0.29, 0.717) is 12.8 Å². The van der Waals surface area contributed by atoms with E-state index in [1.54, 1.807) is 34.6 Å². The van der Waals surface area contributed by atoms with Gasteiger partial charge in [-0.25, -0.2) is 10.2 Å². The van der Waals surface area contributed by atoms with Gasteiger partial charge in [0, 0.05) is 6.54 Å². The highest BCUT2D eigenvalue weighted by Crippen LogP contribution is 2.47. The number of methoxy groups -OCH3 is 1. The molecule has 50 heavy (non-hydrogen) atoms. The number of ether oxygens (including phenoxy) is 3. The average molecular weight is 754 g/mol. The minimum absolute atomic E-state index is 0.158. The third-order valence-corrected chi connectivity index (χ3v) is 8.51. The van der Waals surface area contributed by atoms with Gasteiger partial charge in [0.1, 0.15) is 30.3 Å². The highest BCUT2D eigenvalue weighted by molar-refractivity contribution is 6.67. The number of amides is 3. The van der Waals surface area contributed by atoms with E-state index in [9.17, 15) is 24.0 Å². The van der Waals surface area contributed by atoms with E-state index < -0.39 is 82.4 Å². The van der Waals surface area contributed by atoms with Gasteiger partial charge in [0.05, 0.1) is 19.6 Å². The zero-order valence-corrected chi connectivity index (χ0v) is 31.1. The van der Waals surface area contributed by atoms with Crippen molar-refractivity contribution in [2.75, 3.05) is 20.3 Å². The minimum atomic E-state index is -1.82. The maximum atomic E-state index is 14.4. The van der Waals surface area contributed by atoms with Crippen molar-refractivity contribution in [3.63, 3.8) is 0 Å². The Morgan fingerprint density at radius 3 is 2.08 bits per heavy atom. The predicted octanol–water partition coefficient (Wildman–Crippen LogP) is 5.48. The molecule has 0 unspecified atom stereocenters. The molecule has 3 amide bonds. The summed E-state index contributed by atoms with van der Waals surface area (Å²) in [5, 5.41) is 3.90. The maximum Gasteiger partial charge on any atom is 0.410 e. The Balaban J connectivity index is 1.66. The molecule has 0 spiro atoms. The first-order valence-corrected chi connectivity index (χ1v) is 17.4. The summed E-state index contributed by atoms with van der Waals surface area (Å²) in [5.41, 5.74) is 5.41. The van der Waals surface area contributed by atoms with E-state index in [2.05, 4.69) is 10.7 Å². The number of halogens is 3. The Morgan fingerprint density at radius 2 is 1.56 bits per heavy atom. The number of hydrogen-bond donors (Lipinski definition) is 2. The lowest BCUT2D eigenvalue weighted by Crippen LogP contribution is -2.62. The molecule has 2 aromatic carbocycles. The Kier molecular flexibility index (Phi) is 12.7. The largest absolute Gasteiger partial charge is 0.460 e. The predicted molar refractivity (Wildman–Crippen MR) is 188 cm³/mol. The number of hydrogen-bond acceptors (Lipinski definition) is 9. The van der Waals surface area contributed by atoms with Gasteiger partial charge in [0.25, 0.3) is 5.91 Å². The Hall–Kier alpha value is -3.58. The van der Waals surface area contributed by atoms with Gasteiger partial charge in [-0.3, -0.25) is 29.1 Å². The third-order valence-electron chi connectivity index (χ3n) is 8.18. The molecule has 1 saturated heterocycles. The average Bonchev–Trinajstić information content (AvgIpc) is 3.37. The van der Waals surface area contributed by atoms with Crippen LogP contribution < -0.4 is 10.7 Å². The molecule has 1 heterocycles. The number of nitrogens with one attached hydrogen (secondary N) is 2. The molecule has 3 atom stereocenters. The van der Waals surface area contributed by atoms with Gasteiger partial charge in [0.15, 0.2) is 0 Å². The first-order chi connectivity index (χ1) is 23.4. The van der Waals surface area contributed by atoms with Gasteiger partial charge in [-0.05, 0) is 61.8 Å². The van der Waals surface area contributed by atoms with Crippen molar-refractivity contribution in [1.29, 1.82) is 0 Å². The fraction of sp³-hybridized carbons (Fsp3) is 0.514. The summed E-state index contributed by atoms with van der Waals surface area (Å²) in [7, 11) is 1.24. The second kappa shape index (κ2) is 16.2. The van der Waals surface area contributed by atoms with E-state index in [4.69, 9.17) is 49.0 Å². The summed E-state index contributed by atoms with van der Waals surface area (Å²) in [6.45, 7) is 8.25.